The fourth-order valence-corrected chi connectivity index (χ4v) is 2.77. The molecule has 100 valence electrons. The second-order valence-electron chi connectivity index (χ2n) is 4.38. The van der Waals surface area contributed by atoms with Gasteiger partial charge in [0.2, 0.25) is 0 Å². The van der Waals surface area contributed by atoms with Gasteiger partial charge in [0.1, 0.15) is 5.82 Å². The number of thioether (sulfide) groups is 1. The van der Waals surface area contributed by atoms with Crippen LogP contribution in [0, 0.1) is 0 Å². The van der Waals surface area contributed by atoms with Crippen LogP contribution in [-0.4, -0.2) is 27.5 Å². The molecule has 0 radical (unpaired) electrons. The van der Waals surface area contributed by atoms with Crippen LogP contribution in [0.2, 0.25) is 0 Å². The molecule has 19 heavy (non-hydrogen) atoms. The van der Waals surface area contributed by atoms with Crippen molar-refractivity contribution in [3.05, 3.63) is 17.9 Å². The molecule has 0 N–H and O–H groups in total. The van der Waals surface area contributed by atoms with Crippen LogP contribution < -0.4 is 51.4 Å². The molecule has 9 heteroatoms. The van der Waals surface area contributed by atoms with E-state index in [0.29, 0.717) is 5.16 Å². The number of nitrogens with zero attached hydrogens (tertiary/aromatic N) is 3. The third kappa shape index (κ3) is 4.89. The first kappa shape index (κ1) is 17.8. The molecule has 0 aliphatic carbocycles. The molecule has 1 aromatic heterocycles. The third-order valence-electron chi connectivity index (χ3n) is 2.93. The van der Waals surface area contributed by atoms with Crippen LogP contribution in [0.25, 0.3) is 0 Å². The average Bonchev–Trinajstić information content (AvgIpc) is 2.53. The first-order chi connectivity index (χ1) is 8.48. The molecule has 0 amide bonds. The quantitative estimate of drug-likeness (QED) is 0.581. The van der Waals surface area contributed by atoms with Gasteiger partial charge in [-0.1, -0.05) is 18.2 Å². The minimum absolute atomic E-state index is 0. The molecule has 0 unspecified atom stereocenters. The Bertz CT molecular complexity index is 450. The van der Waals surface area contributed by atoms with Crippen LogP contribution in [0.4, 0.5) is 12.9 Å². The van der Waals surface area contributed by atoms with Crippen LogP contribution in [0.1, 0.15) is 25.1 Å². The summed E-state index contributed by atoms with van der Waals surface area (Å²) in [6.07, 6.45) is 4.09. The van der Waals surface area contributed by atoms with E-state index in [4.69, 9.17) is 0 Å². The summed E-state index contributed by atoms with van der Waals surface area (Å²) in [6.45, 7) is -1.07. The fraction of sp³-hybridized carbons (Fsp3) is 0.600. The van der Waals surface area contributed by atoms with Gasteiger partial charge in [-0.3, -0.25) is 0 Å². The second kappa shape index (κ2) is 7.65. The van der Waals surface area contributed by atoms with Crippen LogP contribution >= 0.6 is 11.8 Å². The average molecular weight is 315 g/mol. The monoisotopic (exact) mass is 315 g/mol. The Labute approximate surface area is 157 Å². The Morgan fingerprint density at radius 3 is 2.68 bits per heavy atom. The van der Waals surface area contributed by atoms with E-state index >= 15 is 0 Å². The number of hydrogen-bond donors (Lipinski definition) is 0. The molecule has 0 saturated heterocycles. The third-order valence-corrected chi connectivity index (χ3v) is 4.00. The largest absolute Gasteiger partial charge is 1.00 e. The van der Waals surface area contributed by atoms with Gasteiger partial charge in [-0.25, -0.2) is 0 Å². The molecule has 0 spiro atoms. The zero-order valence-electron chi connectivity index (χ0n) is 10.9. The smallest absolute Gasteiger partial charge is 0.445 e. The van der Waals surface area contributed by atoms with Crippen molar-refractivity contribution in [2.24, 2.45) is 0 Å². The number of halogens is 3. The molecule has 0 atom stereocenters. The topological polar surface area (TPSA) is 30.7 Å². The zero-order chi connectivity index (χ0) is 13.2. The summed E-state index contributed by atoms with van der Waals surface area (Å²) in [4.78, 5) is 0. The predicted octanol–water partition coefficient (Wildman–Crippen LogP) is 0.0434. The molecule has 1 aliphatic rings. The second-order valence-corrected chi connectivity index (χ2v) is 5.33. The molecule has 0 fully saturated rings. The van der Waals surface area contributed by atoms with Gasteiger partial charge < -0.3 is 17.5 Å². The molecule has 2 rings (SSSR count). The molecule has 1 aliphatic heterocycles. The minimum Gasteiger partial charge on any atom is -0.445 e. The summed E-state index contributed by atoms with van der Waals surface area (Å²) in [5.74, 6) is 0.722. The molecule has 0 bridgehead atoms. The Hall–Kier alpha value is 0.721. The Morgan fingerprint density at radius 1 is 1.26 bits per heavy atom. The molecule has 2 heterocycles. The van der Waals surface area contributed by atoms with E-state index in [2.05, 4.69) is 16.8 Å². The van der Waals surface area contributed by atoms with Crippen molar-refractivity contribution in [2.75, 3.05) is 5.75 Å². The predicted molar refractivity (Wildman–Crippen MR) is 66.5 cm³/mol. The maximum absolute atomic E-state index is 12.4. The number of fused-ring (bicyclic) bond motifs is 1. The first-order valence-corrected chi connectivity index (χ1v) is 6.89. The summed E-state index contributed by atoms with van der Waals surface area (Å²) in [6, 6.07) is 0. The normalized spacial score (nSPS) is 15.3. The SMILES string of the molecule is C=C(CSc1nnc2n1CCCCC2)[B-](F)(F)F.[K+]. The van der Waals surface area contributed by atoms with Gasteiger partial charge in [0, 0.05) is 13.0 Å². The summed E-state index contributed by atoms with van der Waals surface area (Å²) in [7, 11) is 0. The van der Waals surface area contributed by atoms with E-state index in [0.717, 1.165) is 49.8 Å². The van der Waals surface area contributed by atoms with Crippen LogP contribution in [0.3, 0.4) is 0 Å². The van der Waals surface area contributed by atoms with Crippen molar-refractivity contribution < 1.29 is 64.3 Å². The van der Waals surface area contributed by atoms with Gasteiger partial charge >= 0.3 is 58.4 Å². The van der Waals surface area contributed by atoms with Gasteiger partial charge in [-0.05, 0) is 18.6 Å². The van der Waals surface area contributed by atoms with Crippen LogP contribution in [0.15, 0.2) is 17.2 Å². The van der Waals surface area contributed by atoms with Crippen LogP contribution in [-0.2, 0) is 13.0 Å². The standard InChI is InChI=1S/C10H14BF3N3S.K/c1-8(11(12,13)14)7-18-10-16-15-9-5-3-2-4-6-17(9)10;/h1-7H2;/q-1;+1. The van der Waals surface area contributed by atoms with Gasteiger partial charge in [0.15, 0.2) is 5.16 Å². The van der Waals surface area contributed by atoms with E-state index < -0.39 is 12.4 Å². The van der Waals surface area contributed by atoms with Gasteiger partial charge in [-0.15, -0.1) is 22.2 Å². The molecular weight excluding hydrogens is 301 g/mol. The Balaban J connectivity index is 0.00000180. The number of hydrogen-bond acceptors (Lipinski definition) is 3. The maximum Gasteiger partial charge on any atom is 1.00 e. The van der Waals surface area contributed by atoms with Gasteiger partial charge in [0.25, 0.3) is 0 Å². The zero-order valence-corrected chi connectivity index (χ0v) is 14.9. The summed E-state index contributed by atoms with van der Waals surface area (Å²) in [5, 5.41) is 8.59. The maximum atomic E-state index is 12.4. The fourth-order valence-electron chi connectivity index (χ4n) is 1.82. The molecular formula is C10H14BF3KN3S. The van der Waals surface area contributed by atoms with Crippen molar-refractivity contribution in [3.8, 4) is 0 Å². The van der Waals surface area contributed by atoms with E-state index in [1.54, 1.807) is 0 Å². The number of aromatic nitrogens is 3. The summed E-state index contributed by atoms with van der Waals surface area (Å²) >= 11 is 1.07. The van der Waals surface area contributed by atoms with E-state index in [9.17, 15) is 12.9 Å². The van der Waals surface area contributed by atoms with Crippen LogP contribution in [0.5, 0.6) is 0 Å². The van der Waals surface area contributed by atoms with E-state index in [1.165, 1.54) is 0 Å². The van der Waals surface area contributed by atoms with Crippen molar-refractivity contribution in [1.29, 1.82) is 0 Å². The molecule has 0 aromatic carbocycles. The molecule has 3 nitrogen and oxygen atoms in total. The van der Waals surface area contributed by atoms with Gasteiger partial charge in [-0.2, -0.15) is 0 Å². The van der Waals surface area contributed by atoms with E-state index in [-0.39, 0.29) is 57.1 Å². The first-order valence-electron chi connectivity index (χ1n) is 5.91. The number of rotatable bonds is 4. The molecule has 0 saturated carbocycles. The van der Waals surface area contributed by atoms with Crippen molar-refractivity contribution >= 4 is 18.7 Å². The van der Waals surface area contributed by atoms with Crippen molar-refractivity contribution in [2.45, 2.75) is 37.4 Å². The van der Waals surface area contributed by atoms with Gasteiger partial charge in [0.05, 0.1) is 0 Å². The molecule has 1 aromatic rings. The Kier molecular flexibility index (Phi) is 7.16. The minimum atomic E-state index is -4.95. The van der Waals surface area contributed by atoms with E-state index in [1.807, 2.05) is 4.57 Å². The Morgan fingerprint density at radius 2 is 2.00 bits per heavy atom. The number of aryl methyl sites for hydroxylation is 1. The van der Waals surface area contributed by atoms with Crippen molar-refractivity contribution in [3.63, 3.8) is 0 Å². The summed E-state index contributed by atoms with van der Waals surface area (Å²) in [5.41, 5.74) is -0.675. The summed E-state index contributed by atoms with van der Waals surface area (Å²) < 4.78 is 39.1. The van der Waals surface area contributed by atoms with Crippen molar-refractivity contribution in [1.82, 2.24) is 14.8 Å².